The minimum atomic E-state index is 0.0387. The second-order valence-corrected chi connectivity index (χ2v) is 4.62. The third-order valence-corrected chi connectivity index (χ3v) is 3.42. The number of aromatic amines is 1. The fourth-order valence-electron chi connectivity index (χ4n) is 2.57. The van der Waals surface area contributed by atoms with Crippen LogP contribution in [0.5, 0.6) is 0 Å². The molecule has 0 aromatic carbocycles. The van der Waals surface area contributed by atoms with Gasteiger partial charge in [0.25, 0.3) is 0 Å². The van der Waals surface area contributed by atoms with Crippen LogP contribution in [0.3, 0.4) is 0 Å². The number of nitrogens with two attached hydrogens (primary N) is 1. The van der Waals surface area contributed by atoms with E-state index < -0.39 is 0 Å². The van der Waals surface area contributed by atoms with Crippen molar-refractivity contribution >= 4 is 0 Å². The summed E-state index contributed by atoms with van der Waals surface area (Å²) in [5.74, 6) is 2.07. The Balaban J connectivity index is 2.09. The minimum Gasteiger partial charge on any atom is -0.370 e. The number of H-pyrrole nitrogens is 1. The van der Waals surface area contributed by atoms with Gasteiger partial charge in [0, 0.05) is 6.61 Å². The fourth-order valence-corrected chi connectivity index (χ4v) is 2.57. The van der Waals surface area contributed by atoms with Crippen molar-refractivity contribution in [1.82, 2.24) is 15.2 Å². The van der Waals surface area contributed by atoms with Crippen molar-refractivity contribution in [3.63, 3.8) is 0 Å². The molecule has 0 spiro atoms. The van der Waals surface area contributed by atoms with Crippen molar-refractivity contribution in [1.29, 1.82) is 0 Å². The lowest BCUT2D eigenvalue weighted by Gasteiger charge is -2.28. The summed E-state index contributed by atoms with van der Waals surface area (Å²) in [5, 5.41) is 7.11. The van der Waals surface area contributed by atoms with Crippen LogP contribution in [0.25, 0.3) is 0 Å². The summed E-state index contributed by atoms with van der Waals surface area (Å²) in [5.41, 5.74) is 5.54. The molecule has 17 heavy (non-hydrogen) atoms. The Labute approximate surface area is 102 Å². The first-order chi connectivity index (χ1) is 8.35. The Morgan fingerprint density at radius 2 is 2.18 bits per heavy atom. The molecule has 0 aliphatic heterocycles. The standard InChI is InChI=1S/C12H22N4O/c1-2-17-11(9-6-4-3-5-7-9)12-14-10(8-13)15-16-12/h9,11H,2-8,13H2,1H3,(H,14,15,16). The van der Waals surface area contributed by atoms with Gasteiger partial charge in [-0.05, 0) is 25.7 Å². The van der Waals surface area contributed by atoms with Crippen LogP contribution in [0.2, 0.25) is 0 Å². The number of nitrogens with one attached hydrogen (secondary N) is 1. The first-order valence-electron chi connectivity index (χ1n) is 6.58. The minimum absolute atomic E-state index is 0.0387. The molecule has 0 amide bonds. The van der Waals surface area contributed by atoms with Crippen LogP contribution in [0.1, 0.15) is 56.8 Å². The van der Waals surface area contributed by atoms with Crippen molar-refractivity contribution in [3.05, 3.63) is 11.6 Å². The molecule has 1 saturated carbocycles. The summed E-state index contributed by atoms with van der Waals surface area (Å²) in [7, 11) is 0. The van der Waals surface area contributed by atoms with E-state index in [4.69, 9.17) is 10.5 Å². The molecule has 1 aliphatic carbocycles. The van der Waals surface area contributed by atoms with E-state index in [9.17, 15) is 0 Å². The first kappa shape index (κ1) is 12.5. The molecular formula is C12H22N4O. The van der Waals surface area contributed by atoms with Crippen LogP contribution in [0.4, 0.5) is 0 Å². The number of nitrogens with zero attached hydrogens (tertiary/aromatic N) is 2. The highest BCUT2D eigenvalue weighted by Crippen LogP contribution is 2.35. The number of hydrogen-bond acceptors (Lipinski definition) is 4. The molecule has 1 atom stereocenters. The Hall–Kier alpha value is -0.940. The second-order valence-electron chi connectivity index (χ2n) is 4.62. The lowest BCUT2D eigenvalue weighted by atomic mass is 9.85. The zero-order chi connectivity index (χ0) is 12.1. The lowest BCUT2D eigenvalue weighted by Crippen LogP contribution is -2.20. The van der Waals surface area contributed by atoms with Gasteiger partial charge in [0.2, 0.25) is 0 Å². The molecule has 0 bridgehead atoms. The topological polar surface area (TPSA) is 76.8 Å². The van der Waals surface area contributed by atoms with Gasteiger partial charge in [0.1, 0.15) is 11.9 Å². The van der Waals surface area contributed by atoms with Gasteiger partial charge in [0.05, 0.1) is 6.54 Å². The largest absolute Gasteiger partial charge is 0.370 e. The summed E-state index contributed by atoms with van der Waals surface area (Å²) in [6.07, 6.45) is 6.41. The maximum Gasteiger partial charge on any atom is 0.179 e. The third-order valence-electron chi connectivity index (χ3n) is 3.42. The first-order valence-corrected chi connectivity index (χ1v) is 6.58. The summed E-state index contributed by atoms with van der Waals surface area (Å²) in [6.45, 7) is 3.12. The van der Waals surface area contributed by atoms with Gasteiger partial charge in [-0.15, -0.1) is 0 Å². The fraction of sp³-hybridized carbons (Fsp3) is 0.833. The predicted octanol–water partition coefficient (Wildman–Crippen LogP) is 1.92. The Morgan fingerprint density at radius 3 is 2.76 bits per heavy atom. The smallest absolute Gasteiger partial charge is 0.179 e. The molecule has 1 aromatic rings. The van der Waals surface area contributed by atoms with Gasteiger partial charge >= 0.3 is 0 Å². The molecule has 2 rings (SSSR count). The van der Waals surface area contributed by atoms with Crippen LogP contribution < -0.4 is 5.73 Å². The molecular weight excluding hydrogens is 216 g/mol. The molecule has 0 saturated heterocycles. The van der Waals surface area contributed by atoms with Gasteiger partial charge in [-0.3, -0.25) is 5.10 Å². The van der Waals surface area contributed by atoms with Crippen LogP contribution in [-0.2, 0) is 11.3 Å². The van der Waals surface area contributed by atoms with Gasteiger partial charge in [-0.2, -0.15) is 5.10 Å². The maximum absolute atomic E-state index is 5.84. The molecule has 1 heterocycles. The SMILES string of the molecule is CCOC(c1n[nH]c(CN)n1)C1CCCCC1. The summed E-state index contributed by atoms with van der Waals surface area (Å²) >= 11 is 0. The average molecular weight is 238 g/mol. The summed E-state index contributed by atoms with van der Waals surface area (Å²) in [4.78, 5) is 4.41. The van der Waals surface area contributed by atoms with Crippen molar-refractivity contribution < 1.29 is 4.74 Å². The summed E-state index contributed by atoms with van der Waals surface area (Å²) in [6, 6.07) is 0. The van der Waals surface area contributed by atoms with Crippen molar-refractivity contribution in [2.75, 3.05) is 6.61 Å². The van der Waals surface area contributed by atoms with E-state index in [0.717, 1.165) is 11.6 Å². The van der Waals surface area contributed by atoms with Crippen molar-refractivity contribution in [2.24, 2.45) is 11.7 Å². The predicted molar refractivity (Wildman–Crippen MR) is 65.2 cm³/mol. The number of ether oxygens (including phenoxy) is 1. The van der Waals surface area contributed by atoms with Crippen LogP contribution in [0, 0.1) is 5.92 Å². The molecule has 1 fully saturated rings. The van der Waals surface area contributed by atoms with Crippen LogP contribution in [0.15, 0.2) is 0 Å². The van der Waals surface area contributed by atoms with Gasteiger partial charge in [0.15, 0.2) is 5.82 Å². The summed E-state index contributed by atoms with van der Waals surface area (Å²) < 4.78 is 5.84. The van der Waals surface area contributed by atoms with E-state index in [0.29, 0.717) is 19.1 Å². The highest BCUT2D eigenvalue weighted by Gasteiger charge is 2.28. The Morgan fingerprint density at radius 1 is 1.41 bits per heavy atom. The molecule has 3 N–H and O–H groups in total. The highest BCUT2D eigenvalue weighted by molar-refractivity contribution is 4.97. The monoisotopic (exact) mass is 238 g/mol. The molecule has 0 radical (unpaired) electrons. The Bertz CT molecular complexity index is 333. The quantitative estimate of drug-likeness (QED) is 0.821. The van der Waals surface area contributed by atoms with Crippen molar-refractivity contribution in [3.8, 4) is 0 Å². The molecule has 96 valence electrons. The van der Waals surface area contributed by atoms with Gasteiger partial charge < -0.3 is 10.5 Å². The molecule has 1 aromatic heterocycles. The lowest BCUT2D eigenvalue weighted by molar-refractivity contribution is 0.0000139. The second kappa shape index (κ2) is 6.12. The third kappa shape index (κ3) is 3.04. The normalized spacial score (nSPS) is 19.4. The number of hydrogen-bond donors (Lipinski definition) is 2. The van der Waals surface area contributed by atoms with E-state index in [2.05, 4.69) is 15.2 Å². The zero-order valence-electron chi connectivity index (χ0n) is 10.5. The van der Waals surface area contributed by atoms with Crippen LogP contribution >= 0.6 is 0 Å². The van der Waals surface area contributed by atoms with E-state index >= 15 is 0 Å². The highest BCUT2D eigenvalue weighted by atomic mass is 16.5. The molecule has 1 aliphatic rings. The molecule has 1 unspecified atom stereocenters. The Kier molecular flexibility index (Phi) is 4.50. The van der Waals surface area contributed by atoms with E-state index in [1.54, 1.807) is 0 Å². The van der Waals surface area contributed by atoms with E-state index in [-0.39, 0.29) is 6.10 Å². The molecule has 5 heteroatoms. The number of aromatic nitrogens is 3. The van der Waals surface area contributed by atoms with Gasteiger partial charge in [-0.1, -0.05) is 19.3 Å². The maximum atomic E-state index is 5.84. The average Bonchev–Trinajstić information content (AvgIpc) is 2.85. The number of rotatable bonds is 5. The van der Waals surface area contributed by atoms with Gasteiger partial charge in [-0.25, -0.2) is 4.98 Å². The molecule has 5 nitrogen and oxygen atoms in total. The van der Waals surface area contributed by atoms with Crippen molar-refractivity contribution in [2.45, 2.75) is 51.7 Å². The zero-order valence-corrected chi connectivity index (χ0v) is 10.5. The van der Waals surface area contributed by atoms with E-state index in [1.807, 2.05) is 6.92 Å². The van der Waals surface area contributed by atoms with Crippen LogP contribution in [-0.4, -0.2) is 21.8 Å². The van der Waals surface area contributed by atoms with E-state index in [1.165, 1.54) is 32.1 Å².